The Morgan fingerprint density at radius 1 is 1.14 bits per heavy atom. The van der Waals surface area contributed by atoms with Gasteiger partial charge in [0.2, 0.25) is 10.0 Å². The maximum absolute atomic E-state index is 13.1. The first-order valence-electron chi connectivity index (χ1n) is 9.46. The first-order valence-corrected chi connectivity index (χ1v) is 10.9. The van der Waals surface area contributed by atoms with Crippen molar-refractivity contribution in [3.63, 3.8) is 0 Å². The van der Waals surface area contributed by atoms with E-state index in [2.05, 4.69) is 4.72 Å². The van der Waals surface area contributed by atoms with Crippen LogP contribution in [0.4, 0.5) is 5.69 Å². The highest BCUT2D eigenvalue weighted by atomic mass is 32.2. The van der Waals surface area contributed by atoms with Crippen molar-refractivity contribution in [2.24, 2.45) is 0 Å². The minimum Gasteiger partial charge on any atom is -0.346 e. The van der Waals surface area contributed by atoms with E-state index in [0.29, 0.717) is 24.1 Å². The lowest BCUT2D eigenvalue weighted by Crippen LogP contribution is -2.38. The Morgan fingerprint density at radius 3 is 2.48 bits per heavy atom. The number of hydrogen-bond acceptors (Lipinski definition) is 4. The van der Waals surface area contributed by atoms with Crippen molar-refractivity contribution in [2.75, 3.05) is 0 Å². The van der Waals surface area contributed by atoms with Crippen LogP contribution in [0.25, 0.3) is 10.9 Å². The van der Waals surface area contributed by atoms with Gasteiger partial charge < -0.3 is 4.57 Å². The van der Waals surface area contributed by atoms with Gasteiger partial charge in [0.1, 0.15) is 0 Å². The number of nitrogens with one attached hydrogen (secondary N) is 1. The fourth-order valence-corrected chi connectivity index (χ4v) is 5.45. The van der Waals surface area contributed by atoms with Crippen LogP contribution in [0.15, 0.2) is 47.5 Å². The van der Waals surface area contributed by atoms with Gasteiger partial charge in [-0.2, -0.15) is 0 Å². The predicted octanol–water partition coefficient (Wildman–Crippen LogP) is 4.23. The SMILES string of the molecule is CC[C@@H](Cn1cc(C)c2ccccc21)NS(=O)(=O)c1c(C)cc(C)cc1[N+](=O)[O-]. The summed E-state index contributed by atoms with van der Waals surface area (Å²) in [6.45, 7) is 7.63. The molecule has 3 aromatic rings. The minimum atomic E-state index is -4.07. The lowest BCUT2D eigenvalue weighted by atomic mass is 10.1. The lowest BCUT2D eigenvalue weighted by molar-refractivity contribution is -0.388. The van der Waals surface area contributed by atoms with Crippen LogP contribution in [0.2, 0.25) is 0 Å². The fraction of sp³-hybridized carbons (Fsp3) is 0.333. The third-order valence-corrected chi connectivity index (χ3v) is 6.80. The molecule has 7 nitrogen and oxygen atoms in total. The summed E-state index contributed by atoms with van der Waals surface area (Å²) in [6, 6.07) is 10.5. The fourth-order valence-electron chi connectivity index (χ4n) is 3.76. The highest BCUT2D eigenvalue weighted by molar-refractivity contribution is 7.89. The molecule has 0 saturated heterocycles. The van der Waals surface area contributed by atoms with Gasteiger partial charge in [-0.1, -0.05) is 31.2 Å². The van der Waals surface area contributed by atoms with Crippen molar-refractivity contribution in [1.82, 2.24) is 9.29 Å². The normalized spacial score (nSPS) is 13.0. The minimum absolute atomic E-state index is 0.264. The lowest BCUT2D eigenvalue weighted by Gasteiger charge is -2.19. The molecule has 0 fully saturated rings. The third-order valence-electron chi connectivity index (χ3n) is 5.08. The molecule has 0 aliphatic heterocycles. The molecule has 2 aromatic carbocycles. The van der Waals surface area contributed by atoms with Gasteiger partial charge in [0.15, 0.2) is 4.90 Å². The van der Waals surface area contributed by atoms with Gasteiger partial charge in [0.25, 0.3) is 5.69 Å². The molecular formula is C21H25N3O4S. The zero-order valence-electron chi connectivity index (χ0n) is 17.0. The molecule has 0 saturated carbocycles. The van der Waals surface area contributed by atoms with Crippen molar-refractivity contribution < 1.29 is 13.3 Å². The standard InChI is InChI=1S/C21H25N3O4S/c1-5-17(13-23-12-16(4)18-8-6-7-9-19(18)23)22-29(27,28)21-15(3)10-14(2)11-20(21)24(25)26/h6-12,17,22H,5,13H2,1-4H3/t17-/m0/s1. The average Bonchev–Trinajstić information content (AvgIpc) is 2.96. The number of rotatable bonds is 7. The van der Waals surface area contributed by atoms with E-state index < -0.39 is 26.7 Å². The molecule has 1 aromatic heterocycles. The molecule has 29 heavy (non-hydrogen) atoms. The van der Waals surface area contributed by atoms with Crippen LogP contribution in [0.5, 0.6) is 0 Å². The van der Waals surface area contributed by atoms with Crippen LogP contribution in [-0.2, 0) is 16.6 Å². The number of aryl methyl sites for hydroxylation is 3. The maximum atomic E-state index is 13.1. The van der Waals surface area contributed by atoms with E-state index in [0.717, 1.165) is 16.5 Å². The molecule has 1 N–H and O–H groups in total. The van der Waals surface area contributed by atoms with Crippen molar-refractivity contribution >= 4 is 26.6 Å². The summed E-state index contributed by atoms with van der Waals surface area (Å²) >= 11 is 0. The van der Waals surface area contributed by atoms with Gasteiger partial charge >= 0.3 is 0 Å². The summed E-state index contributed by atoms with van der Waals surface area (Å²) in [5.74, 6) is 0. The molecule has 0 unspecified atom stereocenters. The number of benzene rings is 2. The van der Waals surface area contributed by atoms with E-state index in [-0.39, 0.29) is 4.90 Å². The summed E-state index contributed by atoms with van der Waals surface area (Å²) < 4.78 is 30.9. The Balaban J connectivity index is 1.96. The van der Waals surface area contributed by atoms with E-state index in [1.165, 1.54) is 6.07 Å². The van der Waals surface area contributed by atoms with Gasteiger partial charge in [-0.15, -0.1) is 0 Å². The number of sulfonamides is 1. The smallest absolute Gasteiger partial charge is 0.289 e. The van der Waals surface area contributed by atoms with Crippen LogP contribution >= 0.6 is 0 Å². The molecule has 0 radical (unpaired) electrons. The molecule has 0 spiro atoms. The molecule has 8 heteroatoms. The number of nitro groups is 1. The molecule has 154 valence electrons. The topological polar surface area (TPSA) is 94.2 Å². The van der Waals surface area contributed by atoms with E-state index in [1.807, 2.05) is 48.9 Å². The molecule has 3 rings (SSSR count). The number of hydrogen-bond donors (Lipinski definition) is 1. The van der Waals surface area contributed by atoms with Crippen LogP contribution < -0.4 is 4.72 Å². The zero-order valence-corrected chi connectivity index (χ0v) is 17.8. The van der Waals surface area contributed by atoms with E-state index >= 15 is 0 Å². The summed E-state index contributed by atoms with van der Waals surface area (Å²) in [7, 11) is -4.07. The Labute approximate surface area is 170 Å². The second-order valence-electron chi connectivity index (χ2n) is 7.40. The molecule has 0 bridgehead atoms. The van der Waals surface area contributed by atoms with Crippen molar-refractivity contribution in [3.8, 4) is 0 Å². The van der Waals surface area contributed by atoms with Crippen LogP contribution in [0.1, 0.15) is 30.0 Å². The van der Waals surface area contributed by atoms with E-state index in [1.54, 1.807) is 19.9 Å². The Kier molecular flexibility index (Phi) is 5.77. The number of aromatic nitrogens is 1. The second kappa shape index (κ2) is 7.96. The van der Waals surface area contributed by atoms with Gasteiger partial charge in [0.05, 0.1) is 4.92 Å². The molecule has 1 heterocycles. The summed E-state index contributed by atoms with van der Waals surface area (Å²) in [5.41, 5.74) is 2.76. The molecule has 0 aliphatic carbocycles. The highest BCUT2D eigenvalue weighted by Gasteiger charge is 2.30. The van der Waals surface area contributed by atoms with Gasteiger partial charge in [-0.3, -0.25) is 10.1 Å². The van der Waals surface area contributed by atoms with Crippen LogP contribution in [0, 0.1) is 30.9 Å². The van der Waals surface area contributed by atoms with Crippen molar-refractivity contribution in [2.45, 2.75) is 51.6 Å². The summed E-state index contributed by atoms with van der Waals surface area (Å²) in [5, 5.41) is 12.6. The van der Waals surface area contributed by atoms with E-state index in [4.69, 9.17) is 0 Å². The van der Waals surface area contributed by atoms with Crippen LogP contribution in [0.3, 0.4) is 0 Å². The number of nitrogens with zero attached hydrogens (tertiary/aromatic N) is 2. The Hall–Kier alpha value is -2.71. The predicted molar refractivity (Wildman–Crippen MR) is 114 cm³/mol. The second-order valence-corrected chi connectivity index (χ2v) is 9.05. The quantitative estimate of drug-likeness (QED) is 0.461. The summed E-state index contributed by atoms with van der Waals surface area (Å²) in [4.78, 5) is 10.6. The van der Waals surface area contributed by atoms with Gasteiger partial charge in [-0.05, 0) is 49.9 Å². The Bertz CT molecular complexity index is 1180. The molecule has 0 amide bonds. The van der Waals surface area contributed by atoms with Crippen LogP contribution in [-0.4, -0.2) is 24.0 Å². The van der Waals surface area contributed by atoms with Crippen molar-refractivity contribution in [3.05, 3.63) is 69.4 Å². The average molecular weight is 416 g/mol. The van der Waals surface area contributed by atoms with E-state index in [9.17, 15) is 18.5 Å². The number of fused-ring (bicyclic) bond motifs is 1. The third kappa shape index (κ3) is 4.18. The Morgan fingerprint density at radius 2 is 1.83 bits per heavy atom. The van der Waals surface area contributed by atoms with Crippen molar-refractivity contribution in [1.29, 1.82) is 0 Å². The number of para-hydroxylation sites is 1. The monoisotopic (exact) mass is 415 g/mol. The largest absolute Gasteiger partial charge is 0.346 e. The first kappa shape index (κ1) is 21.0. The van der Waals surface area contributed by atoms with Gasteiger partial charge in [0, 0.05) is 35.8 Å². The maximum Gasteiger partial charge on any atom is 0.289 e. The molecular weight excluding hydrogens is 390 g/mol. The molecule has 0 aliphatic rings. The first-order chi connectivity index (χ1) is 13.6. The highest BCUT2D eigenvalue weighted by Crippen LogP contribution is 2.29. The number of nitro benzene ring substituents is 1. The summed E-state index contributed by atoms with van der Waals surface area (Å²) in [6.07, 6.45) is 2.55. The van der Waals surface area contributed by atoms with Gasteiger partial charge in [-0.25, -0.2) is 13.1 Å². The molecule has 1 atom stereocenters. The zero-order chi connectivity index (χ0) is 21.3.